The summed E-state index contributed by atoms with van der Waals surface area (Å²) in [6.07, 6.45) is 2.96. The van der Waals surface area contributed by atoms with Crippen molar-refractivity contribution in [3.8, 4) is 5.69 Å². The van der Waals surface area contributed by atoms with Gasteiger partial charge >= 0.3 is 0 Å². The van der Waals surface area contributed by atoms with Crippen LogP contribution in [0.25, 0.3) is 5.69 Å². The van der Waals surface area contributed by atoms with Crippen LogP contribution >= 0.6 is 0 Å². The first kappa shape index (κ1) is 7.72. The van der Waals surface area contributed by atoms with Gasteiger partial charge in [0, 0.05) is 5.69 Å². The van der Waals surface area contributed by atoms with Gasteiger partial charge in [-0.2, -0.15) is 10.2 Å². The molecule has 5 heteroatoms. The first-order chi connectivity index (χ1) is 6.27. The SMILES string of the molecule is Nc1ccc(-n2nccn2)c(F)c1. The summed E-state index contributed by atoms with van der Waals surface area (Å²) in [5.41, 5.74) is 6.06. The Morgan fingerprint density at radius 3 is 2.54 bits per heavy atom. The van der Waals surface area contributed by atoms with Gasteiger partial charge in [0.25, 0.3) is 0 Å². The van der Waals surface area contributed by atoms with E-state index in [0.717, 1.165) is 0 Å². The van der Waals surface area contributed by atoms with Crippen molar-refractivity contribution in [2.75, 3.05) is 5.73 Å². The molecule has 0 amide bonds. The maximum Gasteiger partial charge on any atom is 0.152 e. The van der Waals surface area contributed by atoms with Crippen molar-refractivity contribution in [3.05, 3.63) is 36.4 Å². The molecule has 0 radical (unpaired) electrons. The average Bonchev–Trinajstić information content (AvgIpc) is 2.56. The maximum absolute atomic E-state index is 13.2. The van der Waals surface area contributed by atoms with E-state index in [-0.39, 0.29) is 0 Å². The molecule has 0 fully saturated rings. The number of nitrogen functional groups attached to an aromatic ring is 1. The van der Waals surface area contributed by atoms with Gasteiger partial charge in [-0.15, -0.1) is 4.80 Å². The Kier molecular flexibility index (Phi) is 1.70. The average molecular weight is 178 g/mol. The molecule has 2 aromatic rings. The van der Waals surface area contributed by atoms with E-state index in [0.29, 0.717) is 11.4 Å². The van der Waals surface area contributed by atoms with Crippen LogP contribution in [0.3, 0.4) is 0 Å². The van der Waals surface area contributed by atoms with E-state index in [2.05, 4.69) is 10.2 Å². The lowest BCUT2D eigenvalue weighted by molar-refractivity contribution is 0.597. The summed E-state index contributed by atoms with van der Waals surface area (Å²) in [7, 11) is 0. The number of aromatic nitrogens is 3. The highest BCUT2D eigenvalue weighted by molar-refractivity contribution is 5.45. The lowest BCUT2D eigenvalue weighted by Crippen LogP contribution is -2.02. The number of rotatable bonds is 1. The predicted octanol–water partition coefficient (Wildman–Crippen LogP) is 0.989. The number of hydrogen-bond acceptors (Lipinski definition) is 3. The third kappa shape index (κ3) is 1.35. The smallest absolute Gasteiger partial charge is 0.152 e. The largest absolute Gasteiger partial charge is 0.399 e. The summed E-state index contributed by atoms with van der Waals surface area (Å²) in [5, 5.41) is 7.60. The lowest BCUT2D eigenvalue weighted by atomic mass is 10.3. The Labute approximate surface area is 73.8 Å². The molecule has 0 aliphatic heterocycles. The Balaban J connectivity index is 2.53. The van der Waals surface area contributed by atoms with Crippen LogP contribution in [0.2, 0.25) is 0 Å². The van der Waals surface area contributed by atoms with Crippen LogP contribution in [0.5, 0.6) is 0 Å². The summed E-state index contributed by atoms with van der Waals surface area (Å²) in [4.78, 5) is 1.20. The maximum atomic E-state index is 13.2. The molecule has 0 bridgehead atoms. The fraction of sp³-hybridized carbons (Fsp3) is 0. The summed E-state index contributed by atoms with van der Waals surface area (Å²) < 4.78 is 13.2. The van der Waals surface area contributed by atoms with Crippen LogP contribution in [0.4, 0.5) is 10.1 Å². The second-order valence-electron chi connectivity index (χ2n) is 2.53. The van der Waals surface area contributed by atoms with Gasteiger partial charge in [0.2, 0.25) is 0 Å². The molecule has 0 unspecified atom stereocenters. The van der Waals surface area contributed by atoms with E-state index in [1.54, 1.807) is 6.07 Å². The highest BCUT2D eigenvalue weighted by atomic mass is 19.1. The van der Waals surface area contributed by atoms with E-state index in [1.807, 2.05) is 0 Å². The van der Waals surface area contributed by atoms with Gasteiger partial charge in [-0.25, -0.2) is 4.39 Å². The van der Waals surface area contributed by atoms with Crippen LogP contribution in [0, 0.1) is 5.82 Å². The number of anilines is 1. The summed E-state index contributed by atoms with van der Waals surface area (Å²) >= 11 is 0. The normalized spacial score (nSPS) is 10.2. The Morgan fingerprint density at radius 1 is 1.23 bits per heavy atom. The van der Waals surface area contributed by atoms with E-state index < -0.39 is 5.82 Å². The van der Waals surface area contributed by atoms with Crippen molar-refractivity contribution in [3.63, 3.8) is 0 Å². The van der Waals surface area contributed by atoms with Gasteiger partial charge in [-0.3, -0.25) is 0 Å². The quantitative estimate of drug-likeness (QED) is 0.662. The van der Waals surface area contributed by atoms with Crippen molar-refractivity contribution in [1.29, 1.82) is 0 Å². The fourth-order valence-electron chi connectivity index (χ4n) is 1.03. The van der Waals surface area contributed by atoms with Crippen molar-refractivity contribution in [2.24, 2.45) is 0 Å². The number of nitrogens with zero attached hydrogens (tertiary/aromatic N) is 3. The van der Waals surface area contributed by atoms with E-state index in [1.165, 1.54) is 29.3 Å². The van der Waals surface area contributed by atoms with Gasteiger partial charge in [0.1, 0.15) is 5.69 Å². The van der Waals surface area contributed by atoms with Gasteiger partial charge < -0.3 is 5.73 Å². The zero-order valence-corrected chi connectivity index (χ0v) is 6.68. The molecule has 0 saturated carbocycles. The summed E-state index contributed by atoms with van der Waals surface area (Å²) in [5.74, 6) is -0.434. The molecule has 0 aliphatic rings. The summed E-state index contributed by atoms with van der Waals surface area (Å²) in [6.45, 7) is 0. The Bertz CT molecular complexity index is 410. The van der Waals surface area contributed by atoms with Crippen molar-refractivity contribution < 1.29 is 4.39 Å². The van der Waals surface area contributed by atoms with E-state index in [4.69, 9.17) is 5.73 Å². The van der Waals surface area contributed by atoms with Crippen LogP contribution in [0.1, 0.15) is 0 Å². The van der Waals surface area contributed by atoms with Gasteiger partial charge in [-0.1, -0.05) is 0 Å². The molecule has 2 N–H and O–H groups in total. The molecular formula is C8H7FN4. The van der Waals surface area contributed by atoms with Crippen molar-refractivity contribution in [2.45, 2.75) is 0 Å². The molecule has 66 valence electrons. The lowest BCUT2D eigenvalue weighted by Gasteiger charge is -2.01. The van der Waals surface area contributed by atoms with Crippen molar-refractivity contribution in [1.82, 2.24) is 15.0 Å². The third-order valence-corrected chi connectivity index (χ3v) is 1.61. The fourth-order valence-corrected chi connectivity index (χ4v) is 1.03. The number of benzene rings is 1. The second kappa shape index (κ2) is 2.85. The standard InChI is InChI=1S/C8H7FN4/c9-7-5-6(10)1-2-8(7)13-11-3-4-12-13/h1-5H,10H2. The topological polar surface area (TPSA) is 56.7 Å². The first-order valence-corrected chi connectivity index (χ1v) is 3.69. The monoisotopic (exact) mass is 178 g/mol. The molecular weight excluding hydrogens is 171 g/mol. The molecule has 0 aliphatic carbocycles. The summed E-state index contributed by atoms with van der Waals surface area (Å²) in [6, 6.07) is 4.37. The van der Waals surface area contributed by atoms with E-state index in [9.17, 15) is 4.39 Å². The molecule has 0 atom stereocenters. The molecule has 4 nitrogen and oxygen atoms in total. The molecule has 0 spiro atoms. The molecule has 2 rings (SSSR count). The molecule has 1 aromatic heterocycles. The number of nitrogens with two attached hydrogens (primary N) is 1. The predicted molar refractivity (Wildman–Crippen MR) is 45.7 cm³/mol. The highest BCUT2D eigenvalue weighted by Crippen LogP contribution is 2.13. The van der Waals surface area contributed by atoms with E-state index >= 15 is 0 Å². The third-order valence-electron chi connectivity index (χ3n) is 1.61. The molecule has 1 aromatic carbocycles. The molecule has 1 heterocycles. The number of halogens is 1. The van der Waals surface area contributed by atoms with Gasteiger partial charge in [0.05, 0.1) is 12.4 Å². The zero-order chi connectivity index (χ0) is 9.26. The van der Waals surface area contributed by atoms with Gasteiger partial charge in [-0.05, 0) is 18.2 Å². The van der Waals surface area contributed by atoms with Crippen LogP contribution < -0.4 is 5.73 Å². The van der Waals surface area contributed by atoms with Crippen LogP contribution in [0.15, 0.2) is 30.6 Å². The minimum atomic E-state index is -0.434. The first-order valence-electron chi connectivity index (χ1n) is 3.69. The second-order valence-corrected chi connectivity index (χ2v) is 2.53. The zero-order valence-electron chi connectivity index (χ0n) is 6.68. The minimum absolute atomic E-state index is 0.291. The molecule has 13 heavy (non-hydrogen) atoms. The van der Waals surface area contributed by atoms with Crippen LogP contribution in [-0.2, 0) is 0 Å². The minimum Gasteiger partial charge on any atom is -0.399 e. The van der Waals surface area contributed by atoms with Gasteiger partial charge in [0.15, 0.2) is 5.82 Å². The number of hydrogen-bond donors (Lipinski definition) is 1. The highest BCUT2D eigenvalue weighted by Gasteiger charge is 2.04. The molecule has 0 saturated heterocycles. The Hall–Kier alpha value is -1.91. The Morgan fingerprint density at radius 2 is 1.92 bits per heavy atom. The van der Waals surface area contributed by atoms with Crippen LogP contribution in [-0.4, -0.2) is 15.0 Å². The van der Waals surface area contributed by atoms with Crippen molar-refractivity contribution >= 4 is 5.69 Å².